The lowest BCUT2D eigenvalue weighted by molar-refractivity contribution is 0.0904. The Morgan fingerprint density at radius 3 is 2.40 bits per heavy atom. The molecule has 5 nitrogen and oxygen atoms in total. The highest BCUT2D eigenvalue weighted by molar-refractivity contribution is 9.10. The fraction of sp³-hybridized carbons (Fsp3) is 0.583. The second kappa shape index (κ2) is 6.49. The average molecular weight is 385 g/mol. The molecule has 20 heavy (non-hydrogen) atoms. The second-order valence-electron chi connectivity index (χ2n) is 4.85. The minimum Gasteiger partial charge on any atom is -0.443 e. The number of carbonyl (C=O) groups is 1. The first-order chi connectivity index (χ1) is 9.38. The predicted molar refractivity (Wildman–Crippen MR) is 78.4 cm³/mol. The van der Waals surface area contributed by atoms with Crippen molar-refractivity contribution in [2.75, 3.05) is 0 Å². The number of hydrogen-bond acceptors (Lipinski definition) is 4. The summed E-state index contributed by atoms with van der Waals surface area (Å²) < 4.78 is 27.6. The number of nitrogens with one attached hydrogen (secondary N) is 1. The maximum atomic E-state index is 12.1. The summed E-state index contributed by atoms with van der Waals surface area (Å²) in [5.41, 5.74) is 0. The van der Waals surface area contributed by atoms with E-state index in [2.05, 4.69) is 21.2 Å². The molecule has 0 unspecified atom stereocenters. The zero-order valence-corrected chi connectivity index (χ0v) is 13.9. The molecule has 0 aliphatic heterocycles. The summed E-state index contributed by atoms with van der Waals surface area (Å²) >= 11 is 2.95. The largest absolute Gasteiger partial charge is 0.443 e. The molecule has 1 aliphatic rings. The molecule has 0 radical (unpaired) electrons. The van der Waals surface area contributed by atoms with Gasteiger partial charge in [-0.05, 0) is 28.8 Å². The van der Waals surface area contributed by atoms with Crippen molar-refractivity contribution in [2.45, 2.75) is 49.5 Å². The Balaban J connectivity index is 2.09. The van der Waals surface area contributed by atoms with Gasteiger partial charge in [0, 0.05) is 22.8 Å². The van der Waals surface area contributed by atoms with E-state index in [0.29, 0.717) is 0 Å². The van der Waals surface area contributed by atoms with Gasteiger partial charge in [-0.3, -0.25) is 4.79 Å². The number of halogens is 2. The van der Waals surface area contributed by atoms with Crippen molar-refractivity contribution in [2.24, 2.45) is 0 Å². The van der Waals surface area contributed by atoms with Crippen LogP contribution in [0.1, 0.15) is 49.1 Å². The zero-order valence-electron chi connectivity index (χ0n) is 10.7. The van der Waals surface area contributed by atoms with Crippen molar-refractivity contribution in [3.8, 4) is 0 Å². The summed E-state index contributed by atoms with van der Waals surface area (Å²) in [6.45, 7) is 0. The number of hydrogen-bond donors (Lipinski definition) is 1. The van der Waals surface area contributed by atoms with Crippen LogP contribution < -0.4 is 5.32 Å². The SMILES string of the molecule is O=C(NC1CCCCCC1)c1cc(S(=O)(=O)Cl)c(Br)o1. The maximum Gasteiger partial charge on any atom is 0.287 e. The van der Waals surface area contributed by atoms with E-state index in [0.717, 1.165) is 31.7 Å². The third-order valence-corrected chi connectivity index (χ3v) is 5.51. The molecule has 1 aliphatic carbocycles. The van der Waals surface area contributed by atoms with Gasteiger partial charge >= 0.3 is 0 Å². The molecule has 112 valence electrons. The van der Waals surface area contributed by atoms with Gasteiger partial charge in [-0.25, -0.2) is 8.42 Å². The van der Waals surface area contributed by atoms with E-state index in [-0.39, 0.29) is 21.4 Å². The standard InChI is InChI=1S/C12H15BrClNO4S/c13-11-10(20(14,17)18)7-9(19-11)12(16)15-8-5-3-1-2-4-6-8/h7-8H,1-6H2,(H,15,16). The first-order valence-corrected chi connectivity index (χ1v) is 9.53. The lowest BCUT2D eigenvalue weighted by atomic mass is 10.1. The van der Waals surface area contributed by atoms with Gasteiger partial charge in [0.25, 0.3) is 15.0 Å². The van der Waals surface area contributed by atoms with Crippen LogP contribution in [-0.4, -0.2) is 20.4 Å². The van der Waals surface area contributed by atoms with Crippen molar-refractivity contribution >= 4 is 41.6 Å². The van der Waals surface area contributed by atoms with E-state index in [1.807, 2.05) is 0 Å². The highest BCUT2D eigenvalue weighted by Crippen LogP contribution is 2.29. The minimum atomic E-state index is -3.93. The van der Waals surface area contributed by atoms with Crippen LogP contribution in [0.3, 0.4) is 0 Å². The quantitative estimate of drug-likeness (QED) is 0.640. The number of amides is 1. The first-order valence-electron chi connectivity index (χ1n) is 6.43. The van der Waals surface area contributed by atoms with Crippen LogP contribution in [0.2, 0.25) is 0 Å². The Bertz CT molecular complexity index is 591. The molecule has 1 saturated carbocycles. The van der Waals surface area contributed by atoms with Crippen molar-refractivity contribution in [1.82, 2.24) is 5.32 Å². The van der Waals surface area contributed by atoms with Gasteiger partial charge in [0.15, 0.2) is 10.4 Å². The molecular weight excluding hydrogens is 370 g/mol. The Hall–Kier alpha value is -0.530. The van der Waals surface area contributed by atoms with E-state index in [4.69, 9.17) is 15.1 Å². The molecule has 0 bridgehead atoms. The van der Waals surface area contributed by atoms with Crippen LogP contribution in [0, 0.1) is 0 Å². The average Bonchev–Trinajstić information content (AvgIpc) is 2.58. The van der Waals surface area contributed by atoms with E-state index in [1.165, 1.54) is 12.8 Å². The summed E-state index contributed by atoms with van der Waals surface area (Å²) in [6, 6.07) is 1.25. The number of rotatable bonds is 3. The van der Waals surface area contributed by atoms with Crippen LogP contribution in [0.15, 0.2) is 20.0 Å². The highest BCUT2D eigenvalue weighted by atomic mass is 79.9. The summed E-state index contributed by atoms with van der Waals surface area (Å²) in [7, 11) is 1.31. The molecule has 0 saturated heterocycles. The summed E-state index contributed by atoms with van der Waals surface area (Å²) in [5.74, 6) is -0.468. The molecule has 0 atom stereocenters. The lowest BCUT2D eigenvalue weighted by Gasteiger charge is -2.14. The number of carbonyl (C=O) groups excluding carboxylic acids is 1. The fourth-order valence-corrected chi connectivity index (χ4v) is 4.34. The zero-order chi connectivity index (χ0) is 14.8. The third kappa shape index (κ3) is 3.99. The topological polar surface area (TPSA) is 76.4 Å². The van der Waals surface area contributed by atoms with Gasteiger partial charge in [-0.15, -0.1) is 0 Å². The fourth-order valence-electron chi connectivity index (χ4n) is 2.31. The Kier molecular flexibility index (Phi) is 5.14. The molecule has 1 aromatic heterocycles. The predicted octanol–water partition coefficient (Wildman–Crippen LogP) is 3.42. The monoisotopic (exact) mass is 383 g/mol. The molecule has 1 aromatic rings. The van der Waals surface area contributed by atoms with Crippen LogP contribution in [0.4, 0.5) is 0 Å². The molecule has 2 rings (SSSR count). The molecule has 1 amide bonds. The second-order valence-corrected chi connectivity index (χ2v) is 8.10. The Morgan fingerprint density at radius 1 is 1.30 bits per heavy atom. The van der Waals surface area contributed by atoms with Gasteiger partial charge in [-0.2, -0.15) is 0 Å². The van der Waals surface area contributed by atoms with Gasteiger partial charge in [-0.1, -0.05) is 25.7 Å². The van der Waals surface area contributed by atoms with Crippen LogP contribution >= 0.6 is 26.6 Å². The van der Waals surface area contributed by atoms with E-state index in [1.54, 1.807) is 0 Å². The number of furan rings is 1. The molecule has 1 N–H and O–H groups in total. The van der Waals surface area contributed by atoms with E-state index < -0.39 is 15.0 Å². The van der Waals surface area contributed by atoms with Crippen molar-refractivity contribution in [1.29, 1.82) is 0 Å². The molecule has 0 aromatic carbocycles. The molecule has 1 heterocycles. The summed E-state index contributed by atoms with van der Waals surface area (Å²) in [5, 5.41) is 2.88. The van der Waals surface area contributed by atoms with Crippen LogP contribution in [0.5, 0.6) is 0 Å². The van der Waals surface area contributed by atoms with Crippen molar-refractivity contribution in [3.05, 3.63) is 16.5 Å². The van der Waals surface area contributed by atoms with E-state index in [9.17, 15) is 13.2 Å². The summed E-state index contributed by atoms with van der Waals surface area (Å²) in [6.07, 6.45) is 6.44. The van der Waals surface area contributed by atoms with Crippen molar-refractivity contribution in [3.63, 3.8) is 0 Å². The third-order valence-electron chi connectivity index (χ3n) is 3.33. The Morgan fingerprint density at radius 2 is 1.90 bits per heavy atom. The van der Waals surface area contributed by atoms with Crippen LogP contribution in [-0.2, 0) is 9.05 Å². The van der Waals surface area contributed by atoms with Crippen LogP contribution in [0.25, 0.3) is 0 Å². The van der Waals surface area contributed by atoms with Gasteiger partial charge in [0.2, 0.25) is 0 Å². The molecular formula is C12H15BrClNO4S. The van der Waals surface area contributed by atoms with Gasteiger partial charge in [0.05, 0.1) is 0 Å². The summed E-state index contributed by atoms with van der Waals surface area (Å²) in [4.78, 5) is 11.8. The minimum absolute atomic E-state index is 0.0552. The normalized spacial score (nSPS) is 17.7. The smallest absolute Gasteiger partial charge is 0.287 e. The maximum absolute atomic E-state index is 12.1. The Labute approximate surface area is 130 Å². The van der Waals surface area contributed by atoms with Gasteiger partial charge < -0.3 is 9.73 Å². The molecule has 0 spiro atoms. The molecule has 1 fully saturated rings. The van der Waals surface area contributed by atoms with E-state index >= 15 is 0 Å². The molecule has 8 heteroatoms. The highest BCUT2D eigenvalue weighted by Gasteiger charge is 2.24. The lowest BCUT2D eigenvalue weighted by Crippen LogP contribution is -2.34. The van der Waals surface area contributed by atoms with Crippen molar-refractivity contribution < 1.29 is 17.6 Å². The first kappa shape index (κ1) is 15.9. The van der Waals surface area contributed by atoms with Gasteiger partial charge in [0.1, 0.15) is 4.90 Å².